The van der Waals surface area contributed by atoms with E-state index in [4.69, 9.17) is 0 Å². The molecule has 66 valence electrons. The molecule has 1 aliphatic rings. The fraction of sp³-hybridized carbons (Fsp3) is 1.00. The number of halogens is 1. The van der Waals surface area contributed by atoms with E-state index in [2.05, 4.69) is 4.90 Å². The van der Waals surface area contributed by atoms with Gasteiger partial charge >= 0.3 is 0 Å². The molecule has 0 bridgehead atoms. The van der Waals surface area contributed by atoms with Gasteiger partial charge in [-0.3, -0.25) is 4.39 Å². The Morgan fingerprint density at radius 2 is 1.64 bits per heavy atom. The first-order valence-electron chi connectivity index (χ1n) is 4.72. The van der Waals surface area contributed by atoms with E-state index >= 15 is 0 Å². The van der Waals surface area contributed by atoms with Gasteiger partial charge in [0.05, 0.1) is 6.67 Å². The summed E-state index contributed by atoms with van der Waals surface area (Å²) >= 11 is 0. The fourth-order valence-corrected chi connectivity index (χ4v) is 1.64. The molecule has 1 aliphatic heterocycles. The molecule has 11 heavy (non-hydrogen) atoms. The molecule has 0 saturated carbocycles. The molecule has 0 aromatic rings. The first kappa shape index (κ1) is 8.98. The molecule has 0 amide bonds. The third kappa shape index (κ3) is 3.71. The zero-order valence-electron chi connectivity index (χ0n) is 7.19. The van der Waals surface area contributed by atoms with Crippen LogP contribution in [0.4, 0.5) is 4.39 Å². The molecular formula is C9H18FN. The molecule has 0 aliphatic carbocycles. The van der Waals surface area contributed by atoms with Gasteiger partial charge in [0, 0.05) is 6.54 Å². The summed E-state index contributed by atoms with van der Waals surface area (Å²) in [6.45, 7) is 3.20. The summed E-state index contributed by atoms with van der Waals surface area (Å²) in [6.07, 6.45) is 6.08. The van der Waals surface area contributed by atoms with Crippen LogP contribution in [0.15, 0.2) is 0 Å². The highest BCUT2D eigenvalue weighted by molar-refractivity contribution is 4.62. The Morgan fingerprint density at radius 3 is 2.18 bits per heavy atom. The lowest BCUT2D eigenvalue weighted by Crippen LogP contribution is -2.25. The highest BCUT2D eigenvalue weighted by atomic mass is 19.1. The molecule has 0 spiro atoms. The number of hydrogen-bond acceptors (Lipinski definition) is 1. The highest BCUT2D eigenvalue weighted by Crippen LogP contribution is 2.09. The van der Waals surface area contributed by atoms with Crippen molar-refractivity contribution in [2.24, 2.45) is 0 Å². The largest absolute Gasteiger partial charge is 0.303 e. The molecule has 1 saturated heterocycles. The first-order chi connectivity index (χ1) is 5.43. The molecule has 0 unspecified atom stereocenters. The minimum Gasteiger partial charge on any atom is -0.303 e. The molecular weight excluding hydrogens is 141 g/mol. The highest BCUT2D eigenvalue weighted by Gasteiger charge is 2.07. The van der Waals surface area contributed by atoms with Crippen molar-refractivity contribution in [1.29, 1.82) is 0 Å². The lowest BCUT2D eigenvalue weighted by Gasteiger charge is -2.18. The van der Waals surface area contributed by atoms with Crippen molar-refractivity contribution in [2.45, 2.75) is 32.1 Å². The van der Waals surface area contributed by atoms with Crippen molar-refractivity contribution in [2.75, 3.05) is 26.3 Å². The van der Waals surface area contributed by atoms with E-state index in [9.17, 15) is 4.39 Å². The zero-order chi connectivity index (χ0) is 7.94. The SMILES string of the molecule is FCCCN1CCCCCC1. The van der Waals surface area contributed by atoms with Crippen molar-refractivity contribution in [3.05, 3.63) is 0 Å². The maximum absolute atomic E-state index is 11.8. The predicted octanol–water partition coefficient (Wildman–Crippen LogP) is 2.22. The van der Waals surface area contributed by atoms with Gasteiger partial charge in [-0.05, 0) is 32.4 Å². The Kier molecular flexibility index (Phi) is 4.51. The summed E-state index contributed by atoms with van der Waals surface area (Å²) in [6, 6.07) is 0. The number of hydrogen-bond donors (Lipinski definition) is 0. The van der Waals surface area contributed by atoms with E-state index in [1.807, 2.05) is 0 Å². The van der Waals surface area contributed by atoms with Crippen LogP contribution in [0.1, 0.15) is 32.1 Å². The van der Waals surface area contributed by atoms with Gasteiger partial charge in [0.2, 0.25) is 0 Å². The first-order valence-corrected chi connectivity index (χ1v) is 4.72. The normalized spacial score (nSPS) is 21.5. The van der Waals surface area contributed by atoms with Crippen molar-refractivity contribution >= 4 is 0 Å². The summed E-state index contributed by atoms with van der Waals surface area (Å²) in [4.78, 5) is 2.40. The van der Waals surface area contributed by atoms with Crippen LogP contribution in [-0.2, 0) is 0 Å². The van der Waals surface area contributed by atoms with E-state index in [-0.39, 0.29) is 6.67 Å². The topological polar surface area (TPSA) is 3.24 Å². The van der Waals surface area contributed by atoms with E-state index in [1.165, 1.54) is 38.8 Å². The van der Waals surface area contributed by atoms with Gasteiger partial charge in [-0.25, -0.2) is 0 Å². The number of rotatable bonds is 3. The van der Waals surface area contributed by atoms with Gasteiger partial charge < -0.3 is 4.90 Å². The van der Waals surface area contributed by atoms with Gasteiger partial charge in [0.15, 0.2) is 0 Å². The molecule has 1 rings (SSSR count). The third-order valence-corrected chi connectivity index (χ3v) is 2.31. The molecule has 0 aromatic carbocycles. The third-order valence-electron chi connectivity index (χ3n) is 2.31. The predicted molar refractivity (Wildman–Crippen MR) is 45.5 cm³/mol. The quantitative estimate of drug-likeness (QED) is 0.610. The van der Waals surface area contributed by atoms with E-state index in [1.54, 1.807) is 0 Å². The second-order valence-electron chi connectivity index (χ2n) is 3.30. The maximum Gasteiger partial charge on any atom is 0.0906 e. The van der Waals surface area contributed by atoms with Crippen molar-refractivity contribution in [1.82, 2.24) is 4.90 Å². The van der Waals surface area contributed by atoms with Gasteiger partial charge in [-0.15, -0.1) is 0 Å². The molecule has 0 atom stereocenters. The van der Waals surface area contributed by atoms with Crippen LogP contribution >= 0.6 is 0 Å². The number of alkyl halides is 1. The molecule has 0 aromatic heterocycles. The summed E-state index contributed by atoms with van der Waals surface area (Å²) < 4.78 is 11.8. The van der Waals surface area contributed by atoms with Crippen LogP contribution in [0.3, 0.4) is 0 Å². The monoisotopic (exact) mass is 159 g/mol. The summed E-state index contributed by atoms with van der Waals surface area (Å²) in [5, 5.41) is 0. The van der Waals surface area contributed by atoms with Gasteiger partial charge in [-0.1, -0.05) is 12.8 Å². The van der Waals surface area contributed by atoms with Crippen LogP contribution < -0.4 is 0 Å². The molecule has 1 nitrogen and oxygen atoms in total. The molecule has 1 heterocycles. The molecule has 0 radical (unpaired) electrons. The summed E-state index contributed by atoms with van der Waals surface area (Å²) in [7, 11) is 0. The standard InChI is InChI=1S/C9H18FN/c10-6-5-9-11-7-3-1-2-4-8-11/h1-9H2. The summed E-state index contributed by atoms with van der Waals surface area (Å²) in [5.41, 5.74) is 0. The maximum atomic E-state index is 11.8. The van der Waals surface area contributed by atoms with E-state index in [0.717, 1.165) is 13.0 Å². The number of likely N-dealkylation sites (tertiary alicyclic amines) is 1. The lowest BCUT2D eigenvalue weighted by molar-refractivity contribution is 0.268. The Hall–Kier alpha value is -0.110. The zero-order valence-corrected chi connectivity index (χ0v) is 7.19. The second-order valence-corrected chi connectivity index (χ2v) is 3.30. The molecule has 0 N–H and O–H groups in total. The lowest BCUT2D eigenvalue weighted by atomic mass is 10.2. The summed E-state index contributed by atoms with van der Waals surface area (Å²) in [5.74, 6) is 0. The van der Waals surface area contributed by atoms with E-state index in [0.29, 0.717) is 0 Å². The van der Waals surface area contributed by atoms with Crippen molar-refractivity contribution in [3.63, 3.8) is 0 Å². The van der Waals surface area contributed by atoms with Crippen LogP contribution in [0, 0.1) is 0 Å². The molecule has 1 fully saturated rings. The number of nitrogens with zero attached hydrogens (tertiary/aromatic N) is 1. The molecule has 2 heteroatoms. The Balaban J connectivity index is 2.09. The fourth-order valence-electron chi connectivity index (χ4n) is 1.64. The minimum absolute atomic E-state index is 0.156. The van der Waals surface area contributed by atoms with Gasteiger partial charge in [0.25, 0.3) is 0 Å². The Morgan fingerprint density at radius 1 is 1.00 bits per heavy atom. The van der Waals surface area contributed by atoms with Crippen molar-refractivity contribution in [3.8, 4) is 0 Å². The second kappa shape index (κ2) is 5.53. The Labute approximate surface area is 68.6 Å². The Bertz CT molecular complexity index is 87.6. The average Bonchev–Trinajstić information content (AvgIpc) is 2.28. The minimum atomic E-state index is -0.156. The van der Waals surface area contributed by atoms with Crippen LogP contribution in [0.2, 0.25) is 0 Å². The van der Waals surface area contributed by atoms with Crippen molar-refractivity contribution < 1.29 is 4.39 Å². The average molecular weight is 159 g/mol. The van der Waals surface area contributed by atoms with E-state index < -0.39 is 0 Å². The van der Waals surface area contributed by atoms with Crippen LogP contribution in [-0.4, -0.2) is 31.2 Å². The van der Waals surface area contributed by atoms with Gasteiger partial charge in [0.1, 0.15) is 0 Å². The van der Waals surface area contributed by atoms with Gasteiger partial charge in [-0.2, -0.15) is 0 Å². The van der Waals surface area contributed by atoms with Crippen LogP contribution in [0.25, 0.3) is 0 Å². The van der Waals surface area contributed by atoms with Crippen LogP contribution in [0.5, 0.6) is 0 Å². The smallest absolute Gasteiger partial charge is 0.0906 e.